The molecule has 0 aromatic heterocycles. The summed E-state index contributed by atoms with van der Waals surface area (Å²) in [5.41, 5.74) is -1.26. The summed E-state index contributed by atoms with van der Waals surface area (Å²) < 4.78 is 38.1. The number of hydrogen-bond donors (Lipinski definition) is 1. The third-order valence-corrected chi connectivity index (χ3v) is 3.23. The first-order valence-corrected chi connectivity index (χ1v) is 7.05. The molecule has 1 N–H and O–H groups in total. The third-order valence-electron chi connectivity index (χ3n) is 3.23. The number of amides is 1. The molecule has 0 aliphatic rings. The van der Waals surface area contributed by atoms with E-state index in [1.165, 1.54) is 18.2 Å². The molecule has 0 atom stereocenters. The highest BCUT2D eigenvalue weighted by Gasteiger charge is 2.30. The van der Waals surface area contributed by atoms with Crippen molar-refractivity contribution < 1.29 is 22.9 Å². The van der Waals surface area contributed by atoms with E-state index in [2.05, 4.69) is 5.32 Å². The van der Waals surface area contributed by atoms with Crippen molar-refractivity contribution >= 4 is 23.4 Å². The molecule has 9 heteroatoms. The molecular formula is C17H10F3N3O3. The van der Waals surface area contributed by atoms with Crippen molar-refractivity contribution in [2.75, 3.05) is 5.32 Å². The average Bonchev–Trinajstić information content (AvgIpc) is 2.59. The maximum atomic E-state index is 12.7. The second kappa shape index (κ2) is 7.48. The highest BCUT2D eigenvalue weighted by Crippen LogP contribution is 2.30. The predicted octanol–water partition coefficient (Wildman–Crippen LogP) is 4.16. The summed E-state index contributed by atoms with van der Waals surface area (Å²) in [6.07, 6.45) is -3.52. The molecule has 2 aromatic carbocycles. The van der Waals surface area contributed by atoms with Crippen molar-refractivity contribution in [1.29, 1.82) is 5.26 Å². The van der Waals surface area contributed by atoms with Crippen LogP contribution >= 0.6 is 0 Å². The summed E-state index contributed by atoms with van der Waals surface area (Å²) in [4.78, 5) is 22.1. The van der Waals surface area contributed by atoms with Crippen molar-refractivity contribution in [3.8, 4) is 6.07 Å². The zero-order valence-electron chi connectivity index (χ0n) is 12.9. The number of nitriles is 1. The van der Waals surface area contributed by atoms with E-state index in [9.17, 15) is 28.1 Å². The normalized spacial score (nSPS) is 11.5. The lowest BCUT2D eigenvalue weighted by Crippen LogP contribution is -2.13. The third kappa shape index (κ3) is 4.67. The Morgan fingerprint density at radius 2 is 1.85 bits per heavy atom. The lowest BCUT2D eigenvalue weighted by molar-refractivity contribution is -0.384. The van der Waals surface area contributed by atoms with E-state index in [1.54, 1.807) is 6.07 Å². The predicted molar refractivity (Wildman–Crippen MR) is 86.8 cm³/mol. The minimum atomic E-state index is -4.54. The Bertz CT molecular complexity index is 913. The molecule has 0 saturated heterocycles. The standard InChI is InChI=1S/C17H10F3N3O3/c18-17(19,20)13-3-1-2-11(9-13)8-12(10-21)16(24)22-14-4-6-15(7-5-14)23(25)26/h1-9H,(H,22,24). The van der Waals surface area contributed by atoms with Crippen molar-refractivity contribution in [2.24, 2.45) is 0 Å². The number of carbonyl (C=O) groups excluding carboxylic acids is 1. The van der Waals surface area contributed by atoms with Crippen LogP contribution in [0.5, 0.6) is 0 Å². The second-order valence-corrected chi connectivity index (χ2v) is 5.05. The van der Waals surface area contributed by atoms with Crippen LogP contribution in [0.1, 0.15) is 11.1 Å². The quantitative estimate of drug-likeness (QED) is 0.383. The number of non-ortho nitro benzene ring substituents is 1. The first-order chi connectivity index (χ1) is 12.2. The monoisotopic (exact) mass is 361 g/mol. The molecule has 0 aliphatic carbocycles. The van der Waals surface area contributed by atoms with E-state index in [-0.39, 0.29) is 16.9 Å². The maximum absolute atomic E-state index is 12.7. The average molecular weight is 361 g/mol. The number of halogens is 3. The fourth-order valence-electron chi connectivity index (χ4n) is 1.98. The Hall–Kier alpha value is -3.67. The van der Waals surface area contributed by atoms with Crippen molar-refractivity contribution in [2.45, 2.75) is 6.18 Å². The lowest BCUT2D eigenvalue weighted by Gasteiger charge is -2.07. The van der Waals surface area contributed by atoms with Gasteiger partial charge in [0, 0.05) is 17.8 Å². The second-order valence-electron chi connectivity index (χ2n) is 5.05. The summed E-state index contributed by atoms with van der Waals surface area (Å²) in [7, 11) is 0. The van der Waals surface area contributed by atoms with Crippen molar-refractivity contribution in [3.05, 3.63) is 75.3 Å². The minimum absolute atomic E-state index is 0.0372. The number of benzene rings is 2. The number of nitrogens with zero attached hydrogens (tertiary/aromatic N) is 2. The fourth-order valence-corrected chi connectivity index (χ4v) is 1.98. The molecule has 0 aliphatic heterocycles. The van der Waals surface area contributed by atoms with E-state index < -0.39 is 28.1 Å². The molecule has 26 heavy (non-hydrogen) atoms. The number of nitro groups is 1. The molecule has 2 rings (SSSR count). The highest BCUT2D eigenvalue weighted by atomic mass is 19.4. The molecule has 132 valence electrons. The molecule has 6 nitrogen and oxygen atoms in total. The van der Waals surface area contributed by atoms with Crippen LogP contribution in [0.3, 0.4) is 0 Å². The van der Waals surface area contributed by atoms with Gasteiger partial charge in [0.25, 0.3) is 11.6 Å². The first kappa shape index (κ1) is 18.7. The van der Waals surface area contributed by atoms with Gasteiger partial charge in [0.2, 0.25) is 0 Å². The Balaban J connectivity index is 2.22. The van der Waals surface area contributed by atoms with Crippen LogP contribution in [0.4, 0.5) is 24.5 Å². The smallest absolute Gasteiger partial charge is 0.321 e. The van der Waals surface area contributed by atoms with Gasteiger partial charge < -0.3 is 5.32 Å². The van der Waals surface area contributed by atoms with Gasteiger partial charge in [-0.3, -0.25) is 14.9 Å². The number of nitrogens with one attached hydrogen (secondary N) is 1. The van der Waals surface area contributed by atoms with E-state index in [0.717, 1.165) is 36.4 Å². The van der Waals surface area contributed by atoms with Crippen LogP contribution < -0.4 is 5.32 Å². The number of rotatable bonds is 4. The fraction of sp³-hybridized carbons (Fsp3) is 0.0588. The zero-order chi connectivity index (χ0) is 19.3. The summed E-state index contributed by atoms with van der Waals surface area (Å²) >= 11 is 0. The van der Waals surface area contributed by atoms with Gasteiger partial charge in [0.05, 0.1) is 10.5 Å². The van der Waals surface area contributed by atoms with Gasteiger partial charge in [-0.1, -0.05) is 12.1 Å². The van der Waals surface area contributed by atoms with Gasteiger partial charge in [-0.2, -0.15) is 18.4 Å². The van der Waals surface area contributed by atoms with Gasteiger partial charge in [0.15, 0.2) is 0 Å². The highest BCUT2D eigenvalue weighted by molar-refractivity contribution is 6.09. The molecule has 2 aromatic rings. The summed E-state index contributed by atoms with van der Waals surface area (Å²) in [6.45, 7) is 0. The summed E-state index contributed by atoms with van der Waals surface area (Å²) in [5, 5.41) is 22.0. The first-order valence-electron chi connectivity index (χ1n) is 7.05. The molecule has 0 fully saturated rings. The van der Waals surface area contributed by atoms with Gasteiger partial charge in [-0.25, -0.2) is 0 Å². The Morgan fingerprint density at radius 1 is 1.19 bits per heavy atom. The number of carbonyl (C=O) groups is 1. The molecular weight excluding hydrogens is 351 g/mol. The Kier molecular flexibility index (Phi) is 5.37. The van der Waals surface area contributed by atoms with Crippen molar-refractivity contribution in [1.82, 2.24) is 0 Å². The largest absolute Gasteiger partial charge is 0.416 e. The lowest BCUT2D eigenvalue weighted by atomic mass is 10.1. The van der Waals surface area contributed by atoms with E-state index >= 15 is 0 Å². The van der Waals surface area contributed by atoms with E-state index in [4.69, 9.17) is 5.26 Å². The molecule has 1 amide bonds. The molecule has 0 unspecified atom stereocenters. The summed E-state index contributed by atoms with van der Waals surface area (Å²) in [6, 6.07) is 10.7. The van der Waals surface area contributed by atoms with Gasteiger partial charge in [-0.15, -0.1) is 0 Å². The molecule has 0 radical (unpaired) electrons. The number of anilines is 1. The molecule has 0 spiro atoms. The van der Waals surface area contributed by atoms with Gasteiger partial charge >= 0.3 is 6.18 Å². The summed E-state index contributed by atoms with van der Waals surface area (Å²) in [5.74, 6) is -0.848. The molecule has 0 heterocycles. The SMILES string of the molecule is N#CC(=Cc1cccc(C(F)(F)F)c1)C(=O)Nc1ccc([N+](=O)[O-])cc1. The zero-order valence-corrected chi connectivity index (χ0v) is 12.9. The number of alkyl halides is 3. The number of hydrogen-bond acceptors (Lipinski definition) is 4. The van der Waals surface area contributed by atoms with Crippen LogP contribution in [-0.2, 0) is 11.0 Å². The van der Waals surface area contributed by atoms with Crippen LogP contribution in [0.15, 0.2) is 54.1 Å². The van der Waals surface area contributed by atoms with Crippen LogP contribution in [0, 0.1) is 21.4 Å². The van der Waals surface area contributed by atoms with E-state index in [0.29, 0.717) is 0 Å². The van der Waals surface area contributed by atoms with Crippen LogP contribution in [0.25, 0.3) is 6.08 Å². The topological polar surface area (TPSA) is 96.0 Å². The molecule has 0 bridgehead atoms. The van der Waals surface area contributed by atoms with Crippen LogP contribution in [-0.4, -0.2) is 10.8 Å². The molecule has 0 saturated carbocycles. The Morgan fingerprint density at radius 3 is 2.38 bits per heavy atom. The minimum Gasteiger partial charge on any atom is -0.321 e. The number of nitro benzene ring substituents is 1. The van der Waals surface area contributed by atoms with Crippen molar-refractivity contribution in [3.63, 3.8) is 0 Å². The Labute approximate surface area is 145 Å². The van der Waals surface area contributed by atoms with Gasteiger partial charge in [0.1, 0.15) is 11.6 Å². The van der Waals surface area contributed by atoms with Crippen LogP contribution in [0.2, 0.25) is 0 Å². The van der Waals surface area contributed by atoms with Gasteiger partial charge in [-0.05, 0) is 35.9 Å². The maximum Gasteiger partial charge on any atom is 0.416 e. The van der Waals surface area contributed by atoms with E-state index in [1.807, 2.05) is 0 Å².